The molecule has 2 N–H and O–H groups in total. The summed E-state index contributed by atoms with van der Waals surface area (Å²) in [6.07, 6.45) is 6.07. The van der Waals surface area contributed by atoms with E-state index in [-0.39, 0.29) is 0 Å². The maximum atomic E-state index is 11.1. The Kier molecular flexibility index (Phi) is 6.56. The van der Waals surface area contributed by atoms with Crippen molar-refractivity contribution in [3.8, 4) is 0 Å². The molecule has 0 saturated carbocycles. The topological polar surface area (TPSA) is 69.9 Å². The smallest absolute Gasteiger partial charge is 0.267 e. The molecule has 0 saturated heterocycles. The Bertz CT molecular complexity index is 787. The molecule has 6 nitrogen and oxygen atoms in total. The summed E-state index contributed by atoms with van der Waals surface area (Å²) in [4.78, 5) is 18.2. The van der Waals surface area contributed by atoms with Crippen molar-refractivity contribution in [2.45, 2.75) is 47.6 Å². The molecule has 2 rings (SSSR count). The van der Waals surface area contributed by atoms with Crippen LogP contribution in [0.25, 0.3) is 11.7 Å². The average molecular weight is 358 g/mol. The molecule has 1 amide bonds. The number of aromatic nitrogens is 2. The molecule has 2 aromatic rings. The van der Waals surface area contributed by atoms with Crippen molar-refractivity contribution < 1.29 is 10.0 Å². The Balaban J connectivity index is 2.21. The zero-order valence-corrected chi connectivity index (χ0v) is 16.4. The van der Waals surface area contributed by atoms with E-state index in [4.69, 9.17) is 5.21 Å². The molecule has 0 unspecified atom stereocenters. The fraction of sp³-hybridized carbons (Fsp3) is 0.500. The van der Waals surface area contributed by atoms with E-state index in [1.165, 1.54) is 11.8 Å². The molecule has 2 aromatic heterocycles. The van der Waals surface area contributed by atoms with Gasteiger partial charge in [0.1, 0.15) is 5.65 Å². The number of carbonyl (C=O) groups excluding carboxylic acids is 1. The maximum Gasteiger partial charge on any atom is 0.267 e. The van der Waals surface area contributed by atoms with Gasteiger partial charge >= 0.3 is 0 Å². The van der Waals surface area contributed by atoms with E-state index in [0.29, 0.717) is 5.41 Å². The van der Waals surface area contributed by atoms with Gasteiger partial charge in [-0.2, -0.15) is 0 Å². The molecule has 26 heavy (non-hydrogen) atoms. The number of amides is 1. The molecule has 0 aromatic carbocycles. The number of hydrogen-bond donors (Lipinski definition) is 2. The third kappa shape index (κ3) is 5.41. The van der Waals surface area contributed by atoms with E-state index >= 15 is 0 Å². The summed E-state index contributed by atoms with van der Waals surface area (Å²) in [6, 6.07) is 3.87. The van der Waals surface area contributed by atoms with E-state index in [0.717, 1.165) is 43.0 Å². The number of aryl methyl sites for hydroxylation is 1. The highest BCUT2D eigenvalue weighted by atomic mass is 16.5. The Morgan fingerprint density at radius 2 is 2.15 bits per heavy atom. The third-order valence-corrected chi connectivity index (χ3v) is 4.49. The van der Waals surface area contributed by atoms with Crippen LogP contribution >= 0.6 is 0 Å². The van der Waals surface area contributed by atoms with Crippen LogP contribution in [-0.4, -0.2) is 38.5 Å². The van der Waals surface area contributed by atoms with Gasteiger partial charge in [0.15, 0.2) is 0 Å². The number of rotatable bonds is 7. The third-order valence-electron chi connectivity index (χ3n) is 4.49. The Labute approximate surface area is 155 Å². The lowest BCUT2D eigenvalue weighted by Crippen LogP contribution is -2.27. The summed E-state index contributed by atoms with van der Waals surface area (Å²) >= 11 is 0. The number of imidazole rings is 1. The highest BCUT2D eigenvalue weighted by Crippen LogP contribution is 2.21. The van der Waals surface area contributed by atoms with Crippen LogP contribution in [0.5, 0.6) is 0 Å². The molecule has 6 heteroatoms. The van der Waals surface area contributed by atoms with Crippen LogP contribution in [0, 0.1) is 12.3 Å². The normalized spacial score (nSPS) is 12.4. The van der Waals surface area contributed by atoms with E-state index in [2.05, 4.69) is 42.0 Å². The number of carbonyl (C=O) groups is 1. The van der Waals surface area contributed by atoms with E-state index in [9.17, 15) is 4.79 Å². The molecular weight excluding hydrogens is 328 g/mol. The monoisotopic (exact) mass is 358 g/mol. The second-order valence-electron chi connectivity index (χ2n) is 7.82. The van der Waals surface area contributed by atoms with Gasteiger partial charge in [-0.1, -0.05) is 27.7 Å². The molecular formula is C20H30N4O2. The predicted molar refractivity (Wildman–Crippen MR) is 104 cm³/mol. The largest absolute Gasteiger partial charge is 0.302 e. The SMILES string of the molecule is CCN(CCC(C)(C)C)Cc1c(C)nc2cc(/C=C/C(=O)NO)ccn12. The minimum Gasteiger partial charge on any atom is -0.302 e. The summed E-state index contributed by atoms with van der Waals surface area (Å²) in [5.41, 5.74) is 5.84. The molecule has 0 radical (unpaired) electrons. The number of hydrogen-bond acceptors (Lipinski definition) is 4. The lowest BCUT2D eigenvalue weighted by molar-refractivity contribution is -0.124. The van der Waals surface area contributed by atoms with Gasteiger partial charge < -0.3 is 4.40 Å². The minimum atomic E-state index is -0.553. The molecule has 0 atom stereocenters. The van der Waals surface area contributed by atoms with E-state index in [1.54, 1.807) is 11.6 Å². The van der Waals surface area contributed by atoms with Crippen molar-refractivity contribution in [2.75, 3.05) is 13.1 Å². The van der Waals surface area contributed by atoms with Gasteiger partial charge in [-0.05, 0) is 55.6 Å². The maximum absolute atomic E-state index is 11.1. The zero-order chi connectivity index (χ0) is 19.3. The molecule has 0 aliphatic rings. The Morgan fingerprint density at radius 1 is 1.42 bits per heavy atom. The standard InChI is InChI=1S/C20H30N4O2/c1-6-23(12-10-20(3,4)5)14-17-15(2)21-18-13-16(9-11-24(17)18)7-8-19(25)22-26/h7-9,11,13,26H,6,10,12,14H2,1-5H3,(H,22,25)/b8-7+. The lowest BCUT2D eigenvalue weighted by Gasteiger charge is -2.25. The van der Waals surface area contributed by atoms with Crippen LogP contribution < -0.4 is 5.48 Å². The van der Waals surface area contributed by atoms with E-state index < -0.39 is 5.91 Å². The summed E-state index contributed by atoms with van der Waals surface area (Å²) in [5, 5.41) is 8.55. The van der Waals surface area contributed by atoms with Crippen molar-refractivity contribution in [2.24, 2.45) is 5.41 Å². The summed E-state index contributed by atoms with van der Waals surface area (Å²) in [5.74, 6) is -0.553. The van der Waals surface area contributed by atoms with Crippen molar-refractivity contribution in [1.82, 2.24) is 19.8 Å². The second-order valence-corrected chi connectivity index (χ2v) is 7.82. The lowest BCUT2D eigenvalue weighted by atomic mass is 9.92. The molecule has 0 fully saturated rings. The molecule has 0 aliphatic heterocycles. The van der Waals surface area contributed by atoms with Crippen LogP contribution in [0.1, 0.15) is 51.1 Å². The van der Waals surface area contributed by atoms with Crippen molar-refractivity contribution in [3.05, 3.63) is 41.4 Å². The highest BCUT2D eigenvalue weighted by molar-refractivity contribution is 5.90. The van der Waals surface area contributed by atoms with Crippen LogP contribution in [-0.2, 0) is 11.3 Å². The molecule has 2 heterocycles. The molecule has 142 valence electrons. The number of nitrogens with one attached hydrogen (secondary N) is 1. The fourth-order valence-electron chi connectivity index (χ4n) is 2.79. The van der Waals surface area contributed by atoms with Gasteiger partial charge in [0.05, 0.1) is 11.4 Å². The van der Waals surface area contributed by atoms with Crippen LogP contribution in [0.4, 0.5) is 0 Å². The molecule has 0 bridgehead atoms. The van der Waals surface area contributed by atoms with E-state index in [1.807, 2.05) is 25.3 Å². The average Bonchev–Trinajstić information content (AvgIpc) is 2.89. The first-order valence-electron chi connectivity index (χ1n) is 9.05. The fourth-order valence-corrected chi connectivity index (χ4v) is 2.79. The number of pyridine rings is 1. The first kappa shape index (κ1) is 20.1. The summed E-state index contributed by atoms with van der Waals surface area (Å²) in [7, 11) is 0. The predicted octanol–water partition coefficient (Wildman–Crippen LogP) is 3.42. The number of fused-ring (bicyclic) bond motifs is 1. The number of nitrogens with zero attached hydrogens (tertiary/aromatic N) is 3. The number of hydroxylamine groups is 1. The molecule has 0 spiro atoms. The van der Waals surface area contributed by atoms with Gasteiger partial charge in [0.2, 0.25) is 0 Å². The summed E-state index contributed by atoms with van der Waals surface area (Å²) in [6.45, 7) is 14.0. The van der Waals surface area contributed by atoms with Crippen molar-refractivity contribution >= 4 is 17.6 Å². The van der Waals surface area contributed by atoms with Gasteiger partial charge in [-0.25, -0.2) is 10.5 Å². The van der Waals surface area contributed by atoms with Gasteiger partial charge in [0, 0.05) is 18.8 Å². The minimum absolute atomic E-state index is 0.323. The van der Waals surface area contributed by atoms with Crippen LogP contribution in [0.2, 0.25) is 0 Å². The quantitative estimate of drug-likeness (QED) is 0.452. The van der Waals surface area contributed by atoms with Crippen molar-refractivity contribution in [1.29, 1.82) is 0 Å². The summed E-state index contributed by atoms with van der Waals surface area (Å²) < 4.78 is 2.11. The Morgan fingerprint density at radius 3 is 2.77 bits per heavy atom. The first-order valence-corrected chi connectivity index (χ1v) is 9.05. The van der Waals surface area contributed by atoms with Gasteiger partial charge in [-0.15, -0.1) is 0 Å². The van der Waals surface area contributed by atoms with Crippen LogP contribution in [0.3, 0.4) is 0 Å². The second kappa shape index (κ2) is 8.47. The van der Waals surface area contributed by atoms with Crippen LogP contribution in [0.15, 0.2) is 24.4 Å². The molecule has 0 aliphatic carbocycles. The first-order chi connectivity index (χ1) is 12.2. The Hall–Kier alpha value is -2.18. The van der Waals surface area contributed by atoms with Gasteiger partial charge in [-0.3, -0.25) is 14.9 Å². The highest BCUT2D eigenvalue weighted by Gasteiger charge is 2.16. The van der Waals surface area contributed by atoms with Gasteiger partial charge in [0.25, 0.3) is 5.91 Å². The zero-order valence-electron chi connectivity index (χ0n) is 16.4. The van der Waals surface area contributed by atoms with Crippen molar-refractivity contribution in [3.63, 3.8) is 0 Å².